The molecule has 0 spiro atoms. The second kappa shape index (κ2) is 8.01. The van der Waals surface area contributed by atoms with E-state index in [4.69, 9.17) is 26.8 Å². The summed E-state index contributed by atoms with van der Waals surface area (Å²) in [5, 5.41) is 0.0606. The first-order chi connectivity index (χ1) is 10.2. The molecule has 0 radical (unpaired) electrons. The van der Waals surface area contributed by atoms with Crippen molar-refractivity contribution in [3.63, 3.8) is 0 Å². The van der Waals surface area contributed by atoms with E-state index < -0.39 is 10.0 Å². The van der Waals surface area contributed by atoms with Gasteiger partial charge in [0.15, 0.2) is 11.5 Å². The maximum absolute atomic E-state index is 12.5. The van der Waals surface area contributed by atoms with Gasteiger partial charge in [0.25, 0.3) is 0 Å². The summed E-state index contributed by atoms with van der Waals surface area (Å²) in [5.41, 5.74) is 5.64. The zero-order valence-corrected chi connectivity index (χ0v) is 14.8. The fourth-order valence-corrected chi connectivity index (χ4v) is 3.88. The average molecular weight is 351 g/mol. The molecule has 126 valence electrons. The van der Waals surface area contributed by atoms with E-state index >= 15 is 0 Å². The van der Waals surface area contributed by atoms with E-state index in [0.717, 1.165) is 0 Å². The van der Waals surface area contributed by atoms with Crippen molar-refractivity contribution in [3.8, 4) is 11.5 Å². The number of benzene rings is 1. The van der Waals surface area contributed by atoms with Crippen LogP contribution in [0.1, 0.15) is 20.3 Å². The Hall–Kier alpha value is -1.02. The van der Waals surface area contributed by atoms with Crippen molar-refractivity contribution in [1.82, 2.24) is 4.72 Å². The van der Waals surface area contributed by atoms with Gasteiger partial charge in [0.05, 0.1) is 19.2 Å². The lowest BCUT2D eigenvalue weighted by Gasteiger charge is -2.20. The van der Waals surface area contributed by atoms with Gasteiger partial charge in [-0.15, -0.1) is 0 Å². The van der Waals surface area contributed by atoms with Crippen LogP contribution in [0.5, 0.6) is 11.5 Å². The Morgan fingerprint density at radius 2 is 1.77 bits per heavy atom. The first-order valence-corrected chi connectivity index (χ1v) is 8.75. The minimum absolute atomic E-state index is 0.0606. The highest BCUT2D eigenvalue weighted by atomic mass is 35.5. The maximum atomic E-state index is 12.5. The van der Waals surface area contributed by atoms with Crippen molar-refractivity contribution in [3.05, 3.63) is 17.2 Å². The van der Waals surface area contributed by atoms with E-state index in [1.54, 1.807) is 0 Å². The third-order valence-electron chi connectivity index (χ3n) is 3.09. The van der Waals surface area contributed by atoms with Gasteiger partial charge in [-0.2, -0.15) is 0 Å². The number of methoxy groups -OCH3 is 2. The summed E-state index contributed by atoms with van der Waals surface area (Å²) in [6, 6.07) is 2.40. The van der Waals surface area contributed by atoms with Crippen molar-refractivity contribution < 1.29 is 17.9 Å². The SMILES string of the molecule is COc1cc(Cl)c(S(=O)(=O)NC(CN)CC(C)C)cc1OC. The van der Waals surface area contributed by atoms with Crippen LogP contribution < -0.4 is 19.9 Å². The molecule has 6 nitrogen and oxygen atoms in total. The molecule has 1 unspecified atom stereocenters. The molecule has 22 heavy (non-hydrogen) atoms. The molecule has 1 atom stereocenters. The smallest absolute Gasteiger partial charge is 0.242 e. The Morgan fingerprint density at radius 3 is 2.23 bits per heavy atom. The van der Waals surface area contributed by atoms with Crippen molar-refractivity contribution in [2.45, 2.75) is 31.2 Å². The normalized spacial score (nSPS) is 13.2. The summed E-state index contributed by atoms with van der Waals surface area (Å²) in [5.74, 6) is 0.974. The van der Waals surface area contributed by atoms with Crippen molar-refractivity contribution in [1.29, 1.82) is 0 Å². The molecule has 1 rings (SSSR count). The standard InChI is InChI=1S/C14H23ClN2O4S/c1-9(2)5-10(8-16)17-22(18,19)14-7-13(21-4)12(20-3)6-11(14)15/h6-7,9-10,17H,5,8,16H2,1-4H3. The highest BCUT2D eigenvalue weighted by Gasteiger charge is 2.24. The molecule has 0 aromatic heterocycles. The molecule has 0 saturated carbocycles. The van der Waals surface area contributed by atoms with E-state index in [0.29, 0.717) is 23.8 Å². The zero-order valence-electron chi connectivity index (χ0n) is 13.2. The van der Waals surface area contributed by atoms with Crippen LogP contribution in [0, 0.1) is 5.92 Å². The molecule has 0 aliphatic rings. The third-order valence-corrected chi connectivity index (χ3v) is 5.08. The number of nitrogens with two attached hydrogens (primary N) is 1. The van der Waals surface area contributed by atoms with Crippen LogP contribution in [0.25, 0.3) is 0 Å². The van der Waals surface area contributed by atoms with Gasteiger partial charge < -0.3 is 15.2 Å². The van der Waals surface area contributed by atoms with E-state index in [-0.39, 0.29) is 22.5 Å². The number of rotatable bonds is 8. The summed E-state index contributed by atoms with van der Waals surface area (Å²) >= 11 is 6.07. The van der Waals surface area contributed by atoms with E-state index in [2.05, 4.69) is 4.72 Å². The van der Waals surface area contributed by atoms with Crippen molar-refractivity contribution in [2.75, 3.05) is 20.8 Å². The minimum atomic E-state index is -3.80. The second-order valence-corrected chi connectivity index (χ2v) is 7.41. The highest BCUT2D eigenvalue weighted by molar-refractivity contribution is 7.89. The molecular weight excluding hydrogens is 328 g/mol. The molecule has 1 aromatic carbocycles. The number of halogens is 1. The molecule has 0 amide bonds. The lowest BCUT2D eigenvalue weighted by molar-refractivity contribution is 0.354. The van der Waals surface area contributed by atoms with Crippen LogP contribution in [0.3, 0.4) is 0 Å². The predicted octanol–water partition coefficient (Wildman–Crippen LogP) is 2.01. The quantitative estimate of drug-likeness (QED) is 0.748. The fourth-order valence-electron chi connectivity index (χ4n) is 2.09. The van der Waals surface area contributed by atoms with E-state index in [1.807, 2.05) is 13.8 Å². The molecule has 0 fully saturated rings. The van der Waals surface area contributed by atoms with Crippen LogP contribution in [0.15, 0.2) is 17.0 Å². The lowest BCUT2D eigenvalue weighted by atomic mass is 10.1. The summed E-state index contributed by atoms with van der Waals surface area (Å²) < 4.78 is 37.9. The molecule has 0 saturated heterocycles. The fraction of sp³-hybridized carbons (Fsp3) is 0.571. The number of sulfonamides is 1. The zero-order chi connectivity index (χ0) is 16.9. The summed E-state index contributed by atoms with van der Waals surface area (Å²) in [7, 11) is -0.923. The van der Waals surface area contributed by atoms with Crippen LogP contribution in [-0.4, -0.2) is 35.2 Å². The Morgan fingerprint density at radius 1 is 1.23 bits per heavy atom. The second-order valence-electron chi connectivity index (χ2n) is 5.32. The van der Waals surface area contributed by atoms with Gasteiger partial charge in [-0.3, -0.25) is 0 Å². The number of ether oxygens (including phenoxy) is 2. The molecule has 0 aliphatic carbocycles. The number of nitrogens with one attached hydrogen (secondary N) is 1. The van der Waals surface area contributed by atoms with E-state index in [9.17, 15) is 8.42 Å². The van der Waals surface area contributed by atoms with Crippen LogP contribution in [0.2, 0.25) is 5.02 Å². The molecule has 0 bridgehead atoms. The molecule has 1 aromatic rings. The van der Waals surface area contributed by atoms with Gasteiger partial charge in [0.2, 0.25) is 10.0 Å². The minimum Gasteiger partial charge on any atom is -0.493 e. The van der Waals surface area contributed by atoms with Gasteiger partial charge in [0, 0.05) is 24.7 Å². The summed E-state index contributed by atoms with van der Waals surface area (Å²) in [4.78, 5) is -0.0611. The summed E-state index contributed by atoms with van der Waals surface area (Å²) in [6.45, 7) is 4.21. The molecular formula is C14H23ClN2O4S. The van der Waals surface area contributed by atoms with Crippen molar-refractivity contribution in [2.24, 2.45) is 11.7 Å². The summed E-state index contributed by atoms with van der Waals surface area (Å²) in [6.07, 6.45) is 0.640. The van der Waals surface area contributed by atoms with Gasteiger partial charge in [-0.25, -0.2) is 13.1 Å². The predicted molar refractivity (Wildman–Crippen MR) is 87.2 cm³/mol. The van der Waals surface area contributed by atoms with Gasteiger partial charge in [-0.1, -0.05) is 25.4 Å². The van der Waals surface area contributed by atoms with Crippen LogP contribution >= 0.6 is 11.6 Å². The van der Waals surface area contributed by atoms with Crippen LogP contribution in [0.4, 0.5) is 0 Å². The third kappa shape index (κ3) is 4.74. The Labute approximate surface area is 137 Å². The Balaban J connectivity index is 3.17. The van der Waals surface area contributed by atoms with Gasteiger partial charge in [-0.05, 0) is 12.3 Å². The lowest BCUT2D eigenvalue weighted by Crippen LogP contribution is -2.41. The molecule has 0 aliphatic heterocycles. The maximum Gasteiger partial charge on any atom is 0.242 e. The van der Waals surface area contributed by atoms with Crippen LogP contribution in [-0.2, 0) is 10.0 Å². The Kier molecular flexibility index (Phi) is 6.93. The molecule has 0 heterocycles. The topological polar surface area (TPSA) is 90.7 Å². The van der Waals surface area contributed by atoms with E-state index in [1.165, 1.54) is 26.4 Å². The van der Waals surface area contributed by atoms with Gasteiger partial charge in [0.1, 0.15) is 4.90 Å². The van der Waals surface area contributed by atoms with Gasteiger partial charge >= 0.3 is 0 Å². The highest BCUT2D eigenvalue weighted by Crippen LogP contribution is 2.35. The number of hydrogen-bond acceptors (Lipinski definition) is 5. The largest absolute Gasteiger partial charge is 0.493 e. The first-order valence-electron chi connectivity index (χ1n) is 6.89. The number of hydrogen-bond donors (Lipinski definition) is 2. The first kappa shape index (κ1) is 19.0. The average Bonchev–Trinajstić information content (AvgIpc) is 2.44. The molecule has 8 heteroatoms. The molecule has 3 N–H and O–H groups in total. The van der Waals surface area contributed by atoms with Crippen molar-refractivity contribution >= 4 is 21.6 Å². The monoisotopic (exact) mass is 350 g/mol. The Bertz CT molecular complexity index is 605.